The highest BCUT2D eigenvalue weighted by atomic mass is 32.2. The van der Waals surface area contributed by atoms with Crippen LogP contribution in [0.15, 0.2) is 77.7 Å². The molecule has 9 nitrogen and oxygen atoms in total. The van der Waals surface area contributed by atoms with Crippen LogP contribution in [-0.4, -0.2) is 58.5 Å². The first kappa shape index (κ1) is 31.6. The van der Waals surface area contributed by atoms with Gasteiger partial charge in [0.1, 0.15) is 17.5 Å². The molecule has 2 amide bonds. The fourth-order valence-corrected chi connectivity index (χ4v) is 5.32. The average Bonchev–Trinajstić information content (AvgIpc) is 2.99. The van der Waals surface area contributed by atoms with Crippen molar-refractivity contribution in [2.75, 3.05) is 27.3 Å². The number of sulfonamides is 1. The van der Waals surface area contributed by atoms with E-state index in [9.17, 15) is 18.0 Å². The van der Waals surface area contributed by atoms with E-state index in [0.717, 1.165) is 22.4 Å². The second-order valence-corrected chi connectivity index (χ2v) is 11.3. The van der Waals surface area contributed by atoms with Crippen LogP contribution in [0.3, 0.4) is 0 Å². The molecule has 3 aromatic carbocycles. The van der Waals surface area contributed by atoms with E-state index in [1.54, 1.807) is 45.1 Å². The molecule has 0 heterocycles. The molecule has 2 N–H and O–H groups in total. The molecule has 0 spiro atoms. The second-order valence-electron chi connectivity index (χ2n) is 9.58. The lowest BCUT2D eigenvalue weighted by Crippen LogP contribution is -2.48. The van der Waals surface area contributed by atoms with Gasteiger partial charge in [0.25, 0.3) is 0 Å². The fraction of sp³-hybridized carbons (Fsp3) is 0.355. The minimum absolute atomic E-state index is 0.166. The van der Waals surface area contributed by atoms with Crippen LogP contribution in [0.5, 0.6) is 11.5 Å². The van der Waals surface area contributed by atoms with Gasteiger partial charge in [0.05, 0.1) is 19.1 Å². The number of aryl methyl sites for hydroxylation is 1. The van der Waals surface area contributed by atoms with Crippen LogP contribution in [-0.2, 0) is 39.0 Å². The Morgan fingerprint density at radius 3 is 1.85 bits per heavy atom. The Morgan fingerprint density at radius 1 is 0.805 bits per heavy atom. The smallest absolute Gasteiger partial charge is 0.242 e. The number of ether oxygens (including phenoxy) is 2. The number of amides is 2. The molecule has 0 aliphatic carbocycles. The zero-order chi connectivity index (χ0) is 29.8. The van der Waals surface area contributed by atoms with Gasteiger partial charge in [-0.15, -0.1) is 0 Å². The number of rotatable bonds is 15. The summed E-state index contributed by atoms with van der Waals surface area (Å²) in [5, 5.41) is 2.96. The van der Waals surface area contributed by atoms with Crippen molar-refractivity contribution in [3.63, 3.8) is 0 Å². The molecule has 0 bridgehead atoms. The van der Waals surface area contributed by atoms with Gasteiger partial charge < -0.3 is 19.7 Å². The van der Waals surface area contributed by atoms with Crippen molar-refractivity contribution in [2.45, 2.75) is 50.6 Å². The highest BCUT2D eigenvalue weighted by Gasteiger charge is 2.26. The third-order valence-electron chi connectivity index (χ3n) is 6.75. The highest BCUT2D eigenvalue weighted by molar-refractivity contribution is 7.89. The second kappa shape index (κ2) is 15.2. The summed E-state index contributed by atoms with van der Waals surface area (Å²) >= 11 is 0. The molecule has 0 aliphatic heterocycles. The van der Waals surface area contributed by atoms with E-state index in [1.165, 1.54) is 12.1 Å². The molecule has 1 atom stereocenters. The predicted octanol–water partition coefficient (Wildman–Crippen LogP) is 3.71. The van der Waals surface area contributed by atoms with Gasteiger partial charge in [-0.25, -0.2) is 13.1 Å². The number of methoxy groups -OCH3 is 2. The van der Waals surface area contributed by atoms with E-state index in [4.69, 9.17) is 9.47 Å². The van der Waals surface area contributed by atoms with Gasteiger partial charge in [-0.1, -0.05) is 43.3 Å². The van der Waals surface area contributed by atoms with Crippen molar-refractivity contribution in [1.29, 1.82) is 0 Å². The van der Waals surface area contributed by atoms with Crippen molar-refractivity contribution in [1.82, 2.24) is 14.9 Å². The SMILES string of the molecule is CCNS(=O)(=O)c1ccc(CCC(=O)N(Cc2ccc(OC)cc2)C(C)C(=O)NCCc2ccc(OC)cc2)cc1. The minimum atomic E-state index is -3.55. The van der Waals surface area contributed by atoms with E-state index in [-0.39, 0.29) is 29.7 Å². The Kier molecular flexibility index (Phi) is 11.7. The third-order valence-corrected chi connectivity index (χ3v) is 8.31. The van der Waals surface area contributed by atoms with Crippen LogP contribution in [0.1, 0.15) is 37.0 Å². The van der Waals surface area contributed by atoms with Crippen LogP contribution < -0.4 is 19.5 Å². The van der Waals surface area contributed by atoms with Gasteiger partial charge in [0, 0.05) is 26.1 Å². The van der Waals surface area contributed by atoms with Crippen molar-refractivity contribution >= 4 is 21.8 Å². The van der Waals surface area contributed by atoms with Gasteiger partial charge in [-0.2, -0.15) is 0 Å². The molecule has 3 rings (SSSR count). The van der Waals surface area contributed by atoms with Crippen molar-refractivity contribution < 1.29 is 27.5 Å². The van der Waals surface area contributed by atoms with Crippen molar-refractivity contribution in [2.24, 2.45) is 0 Å². The number of carbonyl (C=O) groups excluding carboxylic acids is 2. The van der Waals surface area contributed by atoms with Crippen LogP contribution in [0.2, 0.25) is 0 Å². The summed E-state index contributed by atoms with van der Waals surface area (Å²) < 4.78 is 37.3. The van der Waals surface area contributed by atoms with E-state index < -0.39 is 16.1 Å². The number of benzene rings is 3. The molecule has 3 aromatic rings. The Hall–Kier alpha value is -3.89. The Morgan fingerprint density at radius 2 is 1.32 bits per heavy atom. The van der Waals surface area contributed by atoms with Gasteiger partial charge in [0.2, 0.25) is 21.8 Å². The Bertz CT molecular complexity index is 1370. The van der Waals surface area contributed by atoms with Gasteiger partial charge in [-0.3, -0.25) is 9.59 Å². The largest absolute Gasteiger partial charge is 0.497 e. The first-order valence-corrected chi connectivity index (χ1v) is 15.1. The topological polar surface area (TPSA) is 114 Å². The normalized spacial score (nSPS) is 11.9. The maximum absolute atomic E-state index is 13.5. The van der Waals surface area contributed by atoms with Crippen LogP contribution in [0, 0.1) is 0 Å². The first-order chi connectivity index (χ1) is 19.7. The first-order valence-electron chi connectivity index (χ1n) is 13.6. The lowest BCUT2D eigenvalue weighted by molar-refractivity contribution is -0.140. The Labute approximate surface area is 242 Å². The lowest BCUT2D eigenvalue weighted by Gasteiger charge is -2.29. The van der Waals surface area contributed by atoms with E-state index >= 15 is 0 Å². The summed E-state index contributed by atoms with van der Waals surface area (Å²) in [5.41, 5.74) is 2.76. The summed E-state index contributed by atoms with van der Waals surface area (Å²) in [6.45, 7) is 4.44. The minimum Gasteiger partial charge on any atom is -0.497 e. The summed E-state index contributed by atoms with van der Waals surface area (Å²) in [5.74, 6) is 1.06. The number of nitrogens with zero attached hydrogens (tertiary/aromatic N) is 1. The predicted molar refractivity (Wildman–Crippen MR) is 158 cm³/mol. The third kappa shape index (κ3) is 9.33. The molecular weight excluding hydrogens is 542 g/mol. The van der Waals surface area contributed by atoms with E-state index in [2.05, 4.69) is 10.0 Å². The fourth-order valence-electron chi connectivity index (χ4n) is 4.28. The van der Waals surface area contributed by atoms with Crippen molar-refractivity contribution in [3.05, 3.63) is 89.5 Å². The number of hydrogen-bond acceptors (Lipinski definition) is 6. The molecule has 0 fully saturated rings. The maximum atomic E-state index is 13.5. The van der Waals surface area contributed by atoms with Crippen LogP contribution in [0.4, 0.5) is 0 Å². The van der Waals surface area contributed by atoms with Gasteiger partial charge in [0.15, 0.2) is 0 Å². The number of carbonyl (C=O) groups is 2. The zero-order valence-corrected chi connectivity index (χ0v) is 24.9. The molecule has 1 unspecified atom stereocenters. The molecule has 0 aliphatic rings. The lowest BCUT2D eigenvalue weighted by atomic mass is 10.1. The standard InChI is InChI=1S/C31H39N3O6S/c1-5-33-41(37,38)29-17-10-24(11-18-29)12-19-30(35)34(22-26-8-15-28(40-4)16-9-26)23(2)31(36)32-21-20-25-6-13-27(39-3)14-7-25/h6-11,13-18,23,33H,5,12,19-22H2,1-4H3,(H,32,36). The summed E-state index contributed by atoms with van der Waals surface area (Å²) in [7, 11) is -0.341. The number of hydrogen-bond donors (Lipinski definition) is 2. The molecular formula is C31H39N3O6S. The van der Waals surface area contributed by atoms with Gasteiger partial charge >= 0.3 is 0 Å². The number of nitrogens with one attached hydrogen (secondary N) is 2. The summed E-state index contributed by atoms with van der Waals surface area (Å²) in [6, 6.07) is 20.8. The van der Waals surface area contributed by atoms with Gasteiger partial charge in [-0.05, 0) is 72.9 Å². The van der Waals surface area contributed by atoms with Crippen LogP contribution in [0.25, 0.3) is 0 Å². The molecule has 0 saturated carbocycles. The molecule has 0 radical (unpaired) electrons. The maximum Gasteiger partial charge on any atom is 0.242 e. The molecule has 41 heavy (non-hydrogen) atoms. The quantitative estimate of drug-likeness (QED) is 0.283. The van der Waals surface area contributed by atoms with Crippen LogP contribution >= 0.6 is 0 Å². The molecule has 10 heteroatoms. The Balaban J connectivity index is 1.66. The monoisotopic (exact) mass is 581 g/mol. The summed E-state index contributed by atoms with van der Waals surface area (Å²) in [4.78, 5) is 28.3. The molecule has 0 saturated heterocycles. The van der Waals surface area contributed by atoms with Crippen molar-refractivity contribution in [3.8, 4) is 11.5 Å². The average molecular weight is 582 g/mol. The highest BCUT2D eigenvalue weighted by Crippen LogP contribution is 2.18. The molecule has 0 aromatic heterocycles. The van der Waals surface area contributed by atoms with E-state index in [1.807, 2.05) is 48.5 Å². The molecule has 220 valence electrons. The van der Waals surface area contributed by atoms with E-state index in [0.29, 0.717) is 31.7 Å². The summed E-state index contributed by atoms with van der Waals surface area (Å²) in [6.07, 6.45) is 1.22. The zero-order valence-electron chi connectivity index (χ0n) is 24.1.